The number of ketones is 1. The molecule has 110 valence electrons. The number of aliphatic carboxylic acids is 1. The number of carboxylic acids is 1. The lowest BCUT2D eigenvalue weighted by Gasteiger charge is -2.18. The average Bonchev–Trinajstić information content (AvgIpc) is 2.44. The molecule has 20 heavy (non-hydrogen) atoms. The number of halogens is 1. The van der Waals surface area contributed by atoms with Gasteiger partial charge in [0.1, 0.15) is 10.8 Å². The molecule has 2 unspecified atom stereocenters. The Morgan fingerprint density at radius 2 is 1.75 bits per heavy atom. The van der Waals surface area contributed by atoms with Gasteiger partial charge in [0.15, 0.2) is 11.5 Å². The van der Waals surface area contributed by atoms with Crippen LogP contribution in [0.4, 0.5) is 0 Å². The lowest BCUT2D eigenvalue weighted by Crippen LogP contribution is -2.25. The Balaban J connectivity index is 3.23. The van der Waals surface area contributed by atoms with Gasteiger partial charge in [-0.05, 0) is 12.1 Å². The van der Waals surface area contributed by atoms with E-state index < -0.39 is 17.8 Å². The molecular weight excluding hydrogens is 284 g/mol. The highest BCUT2D eigenvalue weighted by molar-refractivity contribution is 6.34. The molecule has 0 spiro atoms. The molecule has 1 N–H and O–H groups in total. The first kappa shape index (κ1) is 16.3. The molecule has 1 rings (SSSR count). The van der Waals surface area contributed by atoms with Crippen LogP contribution in [0.5, 0.6) is 11.5 Å². The maximum Gasteiger partial charge on any atom is 0.306 e. The summed E-state index contributed by atoms with van der Waals surface area (Å²) in [5, 5.41) is 9.17. The van der Waals surface area contributed by atoms with Crippen molar-refractivity contribution in [2.24, 2.45) is 11.8 Å². The van der Waals surface area contributed by atoms with Gasteiger partial charge < -0.3 is 14.6 Å². The summed E-state index contributed by atoms with van der Waals surface area (Å²) in [4.78, 5) is 23.3. The van der Waals surface area contributed by atoms with E-state index in [0.717, 1.165) is 0 Å². The van der Waals surface area contributed by atoms with Crippen LogP contribution >= 0.6 is 11.6 Å². The lowest BCUT2D eigenvalue weighted by molar-refractivity contribution is -0.142. The molecule has 0 saturated carbocycles. The second-order valence-corrected chi connectivity index (χ2v) is 4.82. The van der Waals surface area contributed by atoms with Gasteiger partial charge in [-0.1, -0.05) is 25.4 Å². The molecule has 0 aliphatic rings. The van der Waals surface area contributed by atoms with Crippen molar-refractivity contribution in [2.45, 2.75) is 13.8 Å². The molecule has 0 aromatic heterocycles. The predicted octanol–water partition coefficient (Wildman–Crippen LogP) is 2.90. The molecule has 0 radical (unpaired) electrons. The second kappa shape index (κ2) is 6.61. The van der Waals surface area contributed by atoms with Gasteiger partial charge in [-0.2, -0.15) is 0 Å². The fourth-order valence-corrected chi connectivity index (χ4v) is 2.09. The molecule has 0 saturated heterocycles. The van der Waals surface area contributed by atoms with Crippen molar-refractivity contribution in [2.75, 3.05) is 14.2 Å². The van der Waals surface area contributed by atoms with Crippen LogP contribution in [0.1, 0.15) is 24.2 Å². The van der Waals surface area contributed by atoms with Gasteiger partial charge in [-0.3, -0.25) is 9.59 Å². The highest BCUT2D eigenvalue weighted by atomic mass is 35.5. The van der Waals surface area contributed by atoms with Crippen LogP contribution in [0.3, 0.4) is 0 Å². The largest absolute Gasteiger partial charge is 0.495 e. The quantitative estimate of drug-likeness (QED) is 0.818. The van der Waals surface area contributed by atoms with Crippen LogP contribution in [0.2, 0.25) is 5.02 Å². The summed E-state index contributed by atoms with van der Waals surface area (Å²) in [5.41, 5.74) is 0.249. The zero-order chi connectivity index (χ0) is 15.4. The van der Waals surface area contributed by atoms with Gasteiger partial charge in [0.05, 0.1) is 25.7 Å². The van der Waals surface area contributed by atoms with Crippen molar-refractivity contribution in [1.29, 1.82) is 0 Å². The standard InChI is InChI=1S/C14H17ClO5/c1-7(8(2)14(17)18)12(16)9-5-6-10(19-3)11(15)13(9)20-4/h5-8H,1-4H3,(H,17,18). The van der Waals surface area contributed by atoms with E-state index in [4.69, 9.17) is 26.2 Å². The van der Waals surface area contributed by atoms with Crippen molar-refractivity contribution < 1.29 is 24.2 Å². The summed E-state index contributed by atoms with van der Waals surface area (Å²) in [6.45, 7) is 3.06. The minimum atomic E-state index is -1.02. The molecule has 1 aromatic rings. The van der Waals surface area contributed by atoms with Gasteiger partial charge in [0.25, 0.3) is 0 Å². The molecule has 5 nitrogen and oxygen atoms in total. The second-order valence-electron chi connectivity index (χ2n) is 4.44. The van der Waals surface area contributed by atoms with Crippen LogP contribution in [0.15, 0.2) is 12.1 Å². The van der Waals surface area contributed by atoms with Crippen molar-refractivity contribution in [1.82, 2.24) is 0 Å². The summed E-state index contributed by atoms with van der Waals surface area (Å²) in [7, 11) is 2.85. The fraction of sp³-hybridized carbons (Fsp3) is 0.429. The molecular formula is C14H17ClO5. The van der Waals surface area contributed by atoms with Gasteiger partial charge in [-0.15, -0.1) is 0 Å². The molecule has 0 amide bonds. The third-order valence-electron chi connectivity index (χ3n) is 3.30. The normalized spacial score (nSPS) is 13.4. The molecule has 0 aliphatic heterocycles. The molecule has 6 heteroatoms. The lowest BCUT2D eigenvalue weighted by atomic mass is 9.88. The van der Waals surface area contributed by atoms with E-state index in [9.17, 15) is 9.59 Å². The predicted molar refractivity (Wildman–Crippen MR) is 74.9 cm³/mol. The van der Waals surface area contributed by atoms with Crippen LogP contribution in [0.25, 0.3) is 0 Å². The Kier molecular flexibility index (Phi) is 5.39. The van der Waals surface area contributed by atoms with Crippen molar-refractivity contribution in [3.05, 3.63) is 22.7 Å². The smallest absolute Gasteiger partial charge is 0.306 e. The number of carbonyl (C=O) groups excluding carboxylic acids is 1. The molecule has 0 bridgehead atoms. The minimum absolute atomic E-state index is 0.191. The molecule has 0 aliphatic carbocycles. The van der Waals surface area contributed by atoms with E-state index in [2.05, 4.69) is 0 Å². The zero-order valence-electron chi connectivity index (χ0n) is 11.8. The van der Waals surface area contributed by atoms with Gasteiger partial charge in [-0.25, -0.2) is 0 Å². The minimum Gasteiger partial charge on any atom is -0.495 e. The average molecular weight is 301 g/mol. The Bertz CT molecular complexity index is 527. The number of hydrogen-bond acceptors (Lipinski definition) is 4. The summed E-state index contributed by atoms with van der Waals surface area (Å²) in [6, 6.07) is 3.08. The number of methoxy groups -OCH3 is 2. The fourth-order valence-electron chi connectivity index (χ4n) is 1.78. The molecule has 0 heterocycles. The summed E-state index contributed by atoms with van der Waals surface area (Å²) < 4.78 is 10.2. The highest BCUT2D eigenvalue weighted by Crippen LogP contribution is 2.38. The Labute approximate surface area is 122 Å². The first-order chi connectivity index (χ1) is 9.34. The maximum atomic E-state index is 12.4. The Morgan fingerprint density at radius 1 is 1.15 bits per heavy atom. The van der Waals surface area contributed by atoms with E-state index in [-0.39, 0.29) is 22.1 Å². The Hall–Kier alpha value is -1.75. The van der Waals surface area contributed by atoms with Crippen LogP contribution in [0, 0.1) is 11.8 Å². The van der Waals surface area contributed by atoms with E-state index in [1.54, 1.807) is 13.0 Å². The van der Waals surface area contributed by atoms with Crippen molar-refractivity contribution in [3.63, 3.8) is 0 Å². The van der Waals surface area contributed by atoms with Gasteiger partial charge >= 0.3 is 5.97 Å². The van der Waals surface area contributed by atoms with Crippen LogP contribution in [-0.2, 0) is 4.79 Å². The van der Waals surface area contributed by atoms with Crippen molar-refractivity contribution in [3.8, 4) is 11.5 Å². The molecule has 1 aromatic carbocycles. The van der Waals surface area contributed by atoms with Gasteiger partial charge in [0, 0.05) is 5.92 Å². The zero-order valence-corrected chi connectivity index (χ0v) is 12.5. The van der Waals surface area contributed by atoms with Gasteiger partial charge in [0.2, 0.25) is 0 Å². The number of hydrogen-bond donors (Lipinski definition) is 1. The monoisotopic (exact) mass is 300 g/mol. The van der Waals surface area contributed by atoms with E-state index in [0.29, 0.717) is 5.75 Å². The molecule has 0 fully saturated rings. The number of ether oxygens (including phenoxy) is 2. The first-order valence-corrected chi connectivity index (χ1v) is 6.40. The highest BCUT2D eigenvalue weighted by Gasteiger charge is 2.29. The number of carboxylic acid groups (broad SMARTS) is 1. The maximum absolute atomic E-state index is 12.4. The summed E-state index contributed by atoms with van der Waals surface area (Å²) in [6.07, 6.45) is 0. The van der Waals surface area contributed by atoms with E-state index in [1.165, 1.54) is 27.2 Å². The van der Waals surface area contributed by atoms with Crippen molar-refractivity contribution >= 4 is 23.4 Å². The van der Waals surface area contributed by atoms with E-state index >= 15 is 0 Å². The Morgan fingerprint density at radius 3 is 2.20 bits per heavy atom. The number of Topliss-reactive ketones (excluding diaryl/α,β-unsaturated/α-hetero) is 1. The summed E-state index contributed by atoms with van der Waals surface area (Å²) in [5.74, 6) is -2.26. The molecule has 2 atom stereocenters. The third kappa shape index (κ3) is 3.04. The number of carbonyl (C=O) groups is 2. The first-order valence-electron chi connectivity index (χ1n) is 6.02. The number of rotatable bonds is 6. The van der Waals surface area contributed by atoms with Crippen LogP contribution < -0.4 is 9.47 Å². The third-order valence-corrected chi connectivity index (χ3v) is 3.66. The summed E-state index contributed by atoms with van der Waals surface area (Å²) >= 11 is 6.09. The number of benzene rings is 1. The SMILES string of the molecule is COc1ccc(C(=O)C(C)C(C)C(=O)O)c(OC)c1Cl. The topological polar surface area (TPSA) is 72.8 Å². The van der Waals surface area contributed by atoms with Crippen LogP contribution in [-0.4, -0.2) is 31.1 Å². The van der Waals surface area contributed by atoms with E-state index in [1.807, 2.05) is 0 Å².